The summed E-state index contributed by atoms with van der Waals surface area (Å²) >= 11 is 5.63. The van der Waals surface area contributed by atoms with Gasteiger partial charge in [0.05, 0.1) is 11.2 Å². The molecule has 1 N–H and O–H groups in total. The summed E-state index contributed by atoms with van der Waals surface area (Å²) in [7, 11) is 0. The molecule has 0 aliphatic rings. The highest BCUT2D eigenvalue weighted by molar-refractivity contribution is 6.30. The highest BCUT2D eigenvalue weighted by Crippen LogP contribution is 2.25. The number of pyridine rings is 1. The van der Waals surface area contributed by atoms with Crippen molar-refractivity contribution in [2.45, 2.75) is 26.4 Å². The number of halogens is 2. The number of benzene rings is 1. The molecule has 0 aliphatic carbocycles. The first-order valence-corrected chi connectivity index (χ1v) is 6.72. The lowest BCUT2D eigenvalue weighted by Gasteiger charge is -2.10. The van der Waals surface area contributed by atoms with Crippen LogP contribution in [0, 0.1) is 5.82 Å². The lowest BCUT2D eigenvalue weighted by molar-refractivity contribution is 0.473. The van der Waals surface area contributed by atoms with Gasteiger partial charge >= 0.3 is 0 Å². The Balaban J connectivity index is 2.08. The second kappa shape index (κ2) is 6.68. The summed E-state index contributed by atoms with van der Waals surface area (Å²) in [5.74, 6) is 0.451. The highest BCUT2D eigenvalue weighted by atomic mass is 35.5. The molecule has 1 heterocycles. The van der Waals surface area contributed by atoms with Crippen molar-refractivity contribution < 1.29 is 9.13 Å². The Morgan fingerprint density at radius 1 is 1.25 bits per heavy atom. The minimum absolute atomic E-state index is 0.0744. The van der Waals surface area contributed by atoms with E-state index in [-0.39, 0.29) is 5.02 Å². The molecule has 0 saturated heterocycles. The third kappa shape index (κ3) is 4.18. The van der Waals surface area contributed by atoms with Gasteiger partial charge in [-0.15, -0.1) is 0 Å². The van der Waals surface area contributed by atoms with E-state index >= 15 is 0 Å². The number of ether oxygens (including phenoxy) is 1. The van der Waals surface area contributed by atoms with Crippen molar-refractivity contribution in [3.8, 4) is 11.5 Å². The molecule has 0 amide bonds. The number of aromatic nitrogens is 1. The fourth-order valence-corrected chi connectivity index (χ4v) is 1.73. The SMILES string of the molecule is CC(C)NCc1cncc(Oc2ccc(Cl)c(F)c2)c1. The van der Waals surface area contributed by atoms with Crippen molar-refractivity contribution in [2.75, 3.05) is 0 Å². The zero-order valence-electron chi connectivity index (χ0n) is 11.4. The van der Waals surface area contributed by atoms with Gasteiger partial charge < -0.3 is 10.1 Å². The van der Waals surface area contributed by atoms with Gasteiger partial charge in [0.1, 0.15) is 17.3 Å². The van der Waals surface area contributed by atoms with E-state index in [1.165, 1.54) is 12.1 Å². The van der Waals surface area contributed by atoms with Gasteiger partial charge in [0, 0.05) is 24.8 Å². The van der Waals surface area contributed by atoms with E-state index in [1.807, 2.05) is 6.07 Å². The average Bonchev–Trinajstić information content (AvgIpc) is 2.41. The molecular weight excluding hydrogens is 279 g/mol. The lowest BCUT2D eigenvalue weighted by atomic mass is 10.2. The Hall–Kier alpha value is -1.65. The predicted molar refractivity (Wildman–Crippen MR) is 77.7 cm³/mol. The maximum Gasteiger partial charge on any atom is 0.146 e. The Bertz CT molecular complexity index is 590. The Kier molecular flexibility index (Phi) is 4.93. The molecule has 20 heavy (non-hydrogen) atoms. The van der Waals surface area contributed by atoms with Crippen molar-refractivity contribution in [3.05, 3.63) is 53.1 Å². The van der Waals surface area contributed by atoms with E-state index in [0.29, 0.717) is 24.1 Å². The fourth-order valence-electron chi connectivity index (χ4n) is 1.61. The van der Waals surface area contributed by atoms with Crippen LogP contribution in [-0.4, -0.2) is 11.0 Å². The first kappa shape index (κ1) is 14.8. The monoisotopic (exact) mass is 294 g/mol. The van der Waals surface area contributed by atoms with Crippen molar-refractivity contribution in [1.82, 2.24) is 10.3 Å². The Morgan fingerprint density at radius 3 is 2.75 bits per heavy atom. The van der Waals surface area contributed by atoms with E-state index in [2.05, 4.69) is 24.1 Å². The average molecular weight is 295 g/mol. The third-order valence-corrected chi connectivity index (χ3v) is 2.92. The van der Waals surface area contributed by atoms with E-state index < -0.39 is 5.82 Å². The molecule has 0 bridgehead atoms. The van der Waals surface area contributed by atoms with Crippen molar-refractivity contribution in [2.24, 2.45) is 0 Å². The molecule has 0 unspecified atom stereocenters. The van der Waals surface area contributed by atoms with Gasteiger partial charge in [0.25, 0.3) is 0 Å². The first-order valence-electron chi connectivity index (χ1n) is 6.35. The topological polar surface area (TPSA) is 34.2 Å². The van der Waals surface area contributed by atoms with Crippen LogP contribution in [0.4, 0.5) is 4.39 Å². The standard InChI is InChI=1S/C15H16ClFN2O/c1-10(2)19-8-11-5-13(9-18-7-11)20-12-3-4-14(16)15(17)6-12/h3-7,9-10,19H,8H2,1-2H3. The number of hydrogen-bond donors (Lipinski definition) is 1. The normalized spacial score (nSPS) is 10.8. The smallest absolute Gasteiger partial charge is 0.146 e. The quantitative estimate of drug-likeness (QED) is 0.899. The summed E-state index contributed by atoms with van der Waals surface area (Å²) in [5, 5.41) is 3.37. The molecule has 0 radical (unpaired) electrons. The summed E-state index contributed by atoms with van der Waals surface area (Å²) in [6.07, 6.45) is 3.36. The van der Waals surface area contributed by atoms with E-state index in [4.69, 9.17) is 16.3 Å². The van der Waals surface area contributed by atoms with Crippen LogP contribution in [0.15, 0.2) is 36.7 Å². The van der Waals surface area contributed by atoms with Crippen LogP contribution in [0.25, 0.3) is 0 Å². The summed E-state index contributed by atoms with van der Waals surface area (Å²) in [4.78, 5) is 4.11. The van der Waals surface area contributed by atoms with Crippen LogP contribution < -0.4 is 10.1 Å². The van der Waals surface area contributed by atoms with Gasteiger partial charge in [0.2, 0.25) is 0 Å². The van der Waals surface area contributed by atoms with Gasteiger partial charge in [-0.1, -0.05) is 25.4 Å². The van der Waals surface area contributed by atoms with Gasteiger partial charge in [-0.2, -0.15) is 0 Å². The molecule has 2 rings (SSSR count). The molecule has 0 atom stereocenters. The van der Waals surface area contributed by atoms with Crippen LogP contribution in [0.2, 0.25) is 5.02 Å². The van der Waals surface area contributed by atoms with E-state index in [9.17, 15) is 4.39 Å². The van der Waals surface area contributed by atoms with Crippen molar-refractivity contribution in [1.29, 1.82) is 0 Å². The van der Waals surface area contributed by atoms with Crippen LogP contribution in [0.1, 0.15) is 19.4 Å². The van der Waals surface area contributed by atoms with Gasteiger partial charge in [0.15, 0.2) is 0 Å². The molecule has 106 valence electrons. The fraction of sp³-hybridized carbons (Fsp3) is 0.267. The zero-order chi connectivity index (χ0) is 14.5. The zero-order valence-corrected chi connectivity index (χ0v) is 12.1. The van der Waals surface area contributed by atoms with Gasteiger partial charge in [-0.05, 0) is 23.8 Å². The first-order chi connectivity index (χ1) is 9.54. The minimum atomic E-state index is -0.505. The molecule has 0 spiro atoms. The van der Waals surface area contributed by atoms with E-state index in [0.717, 1.165) is 5.56 Å². The van der Waals surface area contributed by atoms with Crippen LogP contribution in [0.5, 0.6) is 11.5 Å². The highest BCUT2D eigenvalue weighted by Gasteiger charge is 2.04. The molecular formula is C15H16ClFN2O. The summed E-state index contributed by atoms with van der Waals surface area (Å²) < 4.78 is 18.9. The molecule has 2 aromatic rings. The third-order valence-electron chi connectivity index (χ3n) is 2.61. The van der Waals surface area contributed by atoms with Crippen molar-refractivity contribution in [3.63, 3.8) is 0 Å². The second-order valence-corrected chi connectivity index (χ2v) is 5.15. The largest absolute Gasteiger partial charge is 0.456 e. The molecule has 5 heteroatoms. The Labute approximate surface area is 122 Å². The molecule has 0 aliphatic heterocycles. The number of nitrogens with zero attached hydrogens (tertiary/aromatic N) is 1. The van der Waals surface area contributed by atoms with Gasteiger partial charge in [-0.25, -0.2) is 4.39 Å². The van der Waals surface area contributed by atoms with Crippen LogP contribution >= 0.6 is 11.6 Å². The number of nitrogens with one attached hydrogen (secondary N) is 1. The summed E-state index contributed by atoms with van der Waals surface area (Å²) in [6, 6.07) is 6.59. The molecule has 0 saturated carbocycles. The summed E-state index contributed by atoms with van der Waals surface area (Å²) in [6.45, 7) is 4.85. The maximum absolute atomic E-state index is 13.3. The maximum atomic E-state index is 13.3. The van der Waals surface area contributed by atoms with Crippen LogP contribution in [-0.2, 0) is 6.54 Å². The molecule has 1 aromatic heterocycles. The lowest BCUT2D eigenvalue weighted by Crippen LogP contribution is -2.21. The molecule has 0 fully saturated rings. The number of rotatable bonds is 5. The van der Waals surface area contributed by atoms with Crippen LogP contribution in [0.3, 0.4) is 0 Å². The van der Waals surface area contributed by atoms with Crippen molar-refractivity contribution >= 4 is 11.6 Å². The van der Waals surface area contributed by atoms with E-state index in [1.54, 1.807) is 18.5 Å². The minimum Gasteiger partial charge on any atom is -0.456 e. The number of hydrogen-bond acceptors (Lipinski definition) is 3. The predicted octanol–water partition coefficient (Wildman–Crippen LogP) is 4.16. The van der Waals surface area contributed by atoms with Gasteiger partial charge in [-0.3, -0.25) is 4.98 Å². The molecule has 3 nitrogen and oxygen atoms in total. The molecule has 1 aromatic carbocycles. The second-order valence-electron chi connectivity index (χ2n) is 4.74. The Morgan fingerprint density at radius 2 is 2.05 bits per heavy atom. The summed E-state index contributed by atoms with van der Waals surface area (Å²) in [5.41, 5.74) is 1.01.